The Morgan fingerprint density at radius 2 is 1.82 bits per heavy atom. The highest BCUT2D eigenvalue weighted by molar-refractivity contribution is 5.97. The zero-order valence-corrected chi connectivity index (χ0v) is 17.0. The van der Waals surface area contributed by atoms with E-state index < -0.39 is 0 Å². The van der Waals surface area contributed by atoms with Gasteiger partial charge in [0.2, 0.25) is 0 Å². The molecule has 0 spiro atoms. The second kappa shape index (κ2) is 11.0. The largest absolute Gasteiger partial charge is 0.488 e. The van der Waals surface area contributed by atoms with Crippen LogP contribution in [0.2, 0.25) is 0 Å². The van der Waals surface area contributed by atoms with E-state index in [0.29, 0.717) is 23.8 Å². The van der Waals surface area contributed by atoms with Gasteiger partial charge in [-0.3, -0.25) is 4.79 Å². The Morgan fingerprint density at radius 1 is 1.14 bits per heavy atom. The number of nitrogens with one attached hydrogen (secondary N) is 1. The molecule has 1 N–H and O–H groups in total. The second-order valence-electron chi connectivity index (χ2n) is 6.95. The topological polar surface area (TPSA) is 41.6 Å². The number of piperidine rings is 1. The van der Waals surface area contributed by atoms with Crippen LogP contribution in [0.4, 0.5) is 4.39 Å². The first kappa shape index (κ1) is 22.2. The molecule has 2 aromatic rings. The van der Waals surface area contributed by atoms with Crippen LogP contribution in [-0.4, -0.2) is 37.0 Å². The lowest BCUT2D eigenvalue weighted by atomic mass is 9.96. The Kier molecular flexibility index (Phi) is 8.74. The van der Waals surface area contributed by atoms with Gasteiger partial charge in [0.05, 0.1) is 5.56 Å². The van der Waals surface area contributed by atoms with Crippen LogP contribution >= 0.6 is 12.4 Å². The molecule has 0 aromatic heterocycles. The molecule has 0 bridgehead atoms. The molecule has 1 saturated heterocycles. The van der Waals surface area contributed by atoms with Crippen molar-refractivity contribution in [1.29, 1.82) is 0 Å². The van der Waals surface area contributed by atoms with Crippen LogP contribution in [0, 0.1) is 11.7 Å². The number of amides is 1. The van der Waals surface area contributed by atoms with Crippen LogP contribution in [0.1, 0.15) is 35.7 Å². The van der Waals surface area contributed by atoms with Crippen molar-refractivity contribution in [2.45, 2.75) is 26.4 Å². The molecule has 152 valence electrons. The highest BCUT2D eigenvalue weighted by atomic mass is 35.5. The number of nitrogens with zero attached hydrogens (tertiary/aromatic N) is 1. The zero-order valence-electron chi connectivity index (χ0n) is 16.2. The first-order valence-corrected chi connectivity index (χ1v) is 9.63. The number of hydrogen-bond donors (Lipinski definition) is 1. The van der Waals surface area contributed by atoms with Crippen molar-refractivity contribution < 1.29 is 13.9 Å². The summed E-state index contributed by atoms with van der Waals surface area (Å²) in [4.78, 5) is 14.9. The summed E-state index contributed by atoms with van der Waals surface area (Å²) in [6.07, 6.45) is 2.05. The van der Waals surface area contributed by atoms with Crippen molar-refractivity contribution in [3.8, 4) is 5.75 Å². The van der Waals surface area contributed by atoms with Crippen molar-refractivity contribution in [2.24, 2.45) is 5.92 Å². The van der Waals surface area contributed by atoms with Gasteiger partial charge in [0.1, 0.15) is 18.2 Å². The number of ether oxygens (including phenoxy) is 1. The van der Waals surface area contributed by atoms with E-state index in [1.165, 1.54) is 12.1 Å². The van der Waals surface area contributed by atoms with Crippen molar-refractivity contribution in [2.75, 3.05) is 26.2 Å². The lowest BCUT2D eigenvalue weighted by Crippen LogP contribution is -2.40. The molecular weight excluding hydrogens is 379 g/mol. The summed E-state index contributed by atoms with van der Waals surface area (Å²) in [7, 11) is 0. The van der Waals surface area contributed by atoms with Crippen LogP contribution in [-0.2, 0) is 6.61 Å². The van der Waals surface area contributed by atoms with Crippen LogP contribution < -0.4 is 10.1 Å². The summed E-state index contributed by atoms with van der Waals surface area (Å²) < 4.78 is 18.9. The molecule has 0 radical (unpaired) electrons. The summed E-state index contributed by atoms with van der Waals surface area (Å²) in [5.41, 5.74) is 1.45. The predicted octanol–water partition coefficient (Wildman–Crippen LogP) is 4.29. The molecule has 6 heteroatoms. The summed E-state index contributed by atoms with van der Waals surface area (Å²) in [6.45, 7) is 5.98. The van der Waals surface area contributed by atoms with Crippen LogP contribution in [0.5, 0.6) is 5.75 Å². The van der Waals surface area contributed by atoms with E-state index in [1.54, 1.807) is 12.1 Å². The maximum Gasteiger partial charge on any atom is 0.257 e. The molecular formula is C22H28ClFN2O2. The van der Waals surface area contributed by atoms with Gasteiger partial charge in [0.25, 0.3) is 5.91 Å². The molecule has 3 rings (SSSR count). The third kappa shape index (κ3) is 5.94. The van der Waals surface area contributed by atoms with E-state index >= 15 is 0 Å². The molecule has 4 nitrogen and oxygen atoms in total. The van der Waals surface area contributed by atoms with Gasteiger partial charge in [-0.2, -0.15) is 0 Å². The van der Waals surface area contributed by atoms with Gasteiger partial charge >= 0.3 is 0 Å². The normalized spacial score (nSPS) is 14.4. The minimum atomic E-state index is -0.271. The Morgan fingerprint density at radius 3 is 2.50 bits per heavy atom. The molecule has 1 heterocycles. The van der Waals surface area contributed by atoms with Gasteiger partial charge in [0.15, 0.2) is 0 Å². The summed E-state index contributed by atoms with van der Waals surface area (Å²) in [5.74, 6) is 0.957. The average Bonchev–Trinajstić information content (AvgIpc) is 2.72. The lowest BCUT2D eigenvalue weighted by molar-refractivity contribution is 0.0685. The fourth-order valence-corrected chi connectivity index (χ4v) is 3.37. The van der Waals surface area contributed by atoms with E-state index in [2.05, 4.69) is 12.2 Å². The smallest absolute Gasteiger partial charge is 0.257 e. The third-order valence-electron chi connectivity index (χ3n) is 5.01. The third-order valence-corrected chi connectivity index (χ3v) is 5.01. The number of para-hydroxylation sites is 1. The van der Waals surface area contributed by atoms with E-state index in [4.69, 9.17) is 4.74 Å². The van der Waals surface area contributed by atoms with Crippen molar-refractivity contribution in [3.63, 3.8) is 0 Å². The van der Waals surface area contributed by atoms with E-state index in [9.17, 15) is 9.18 Å². The quantitative estimate of drug-likeness (QED) is 0.745. The maximum atomic E-state index is 13.0. The minimum Gasteiger partial charge on any atom is -0.488 e. The van der Waals surface area contributed by atoms with Gasteiger partial charge in [0, 0.05) is 13.1 Å². The van der Waals surface area contributed by atoms with Crippen molar-refractivity contribution in [1.82, 2.24) is 10.2 Å². The van der Waals surface area contributed by atoms with Gasteiger partial charge in [-0.05, 0) is 61.7 Å². The molecule has 1 fully saturated rings. The van der Waals surface area contributed by atoms with Gasteiger partial charge in [-0.15, -0.1) is 12.4 Å². The summed E-state index contributed by atoms with van der Waals surface area (Å²) >= 11 is 0. The lowest BCUT2D eigenvalue weighted by Gasteiger charge is -2.32. The van der Waals surface area contributed by atoms with Crippen LogP contribution in [0.15, 0.2) is 48.5 Å². The van der Waals surface area contributed by atoms with Crippen molar-refractivity contribution >= 4 is 18.3 Å². The van der Waals surface area contributed by atoms with E-state index in [-0.39, 0.29) is 24.1 Å². The highest BCUT2D eigenvalue weighted by Gasteiger charge is 2.25. The molecule has 1 aliphatic heterocycles. The Labute approximate surface area is 172 Å². The minimum absolute atomic E-state index is 0. The van der Waals surface area contributed by atoms with Gasteiger partial charge in [-0.1, -0.05) is 31.2 Å². The zero-order chi connectivity index (χ0) is 19.1. The first-order chi connectivity index (χ1) is 13.2. The molecule has 1 aliphatic rings. The van der Waals surface area contributed by atoms with Crippen LogP contribution in [0.25, 0.3) is 0 Å². The SMILES string of the molecule is CCNCC1CCN(C(=O)c2ccccc2OCc2ccc(F)cc2)CC1.Cl. The molecule has 0 saturated carbocycles. The second-order valence-corrected chi connectivity index (χ2v) is 6.95. The highest BCUT2D eigenvalue weighted by Crippen LogP contribution is 2.24. The van der Waals surface area contributed by atoms with Crippen molar-refractivity contribution in [3.05, 3.63) is 65.5 Å². The van der Waals surface area contributed by atoms with Gasteiger partial charge in [-0.25, -0.2) is 4.39 Å². The number of rotatable bonds is 7. The number of hydrogen-bond acceptors (Lipinski definition) is 3. The fourth-order valence-electron chi connectivity index (χ4n) is 3.37. The Balaban J connectivity index is 0.00000280. The molecule has 0 aliphatic carbocycles. The molecule has 0 atom stereocenters. The monoisotopic (exact) mass is 406 g/mol. The van der Waals surface area contributed by atoms with Crippen LogP contribution in [0.3, 0.4) is 0 Å². The molecule has 1 amide bonds. The Hall–Kier alpha value is -2.11. The summed E-state index contributed by atoms with van der Waals surface area (Å²) in [6, 6.07) is 13.5. The maximum absolute atomic E-state index is 13.0. The average molecular weight is 407 g/mol. The standard InChI is InChI=1S/C22H27FN2O2.ClH/c1-2-24-15-17-11-13-25(14-12-17)22(26)20-5-3-4-6-21(20)27-16-18-7-9-19(23)10-8-18;/h3-10,17,24H,2,11-16H2,1H3;1H. The number of carbonyl (C=O) groups excluding carboxylic acids is 1. The molecule has 0 unspecified atom stereocenters. The number of halogens is 2. The number of carbonyl (C=O) groups is 1. The predicted molar refractivity (Wildman–Crippen MR) is 112 cm³/mol. The molecule has 28 heavy (non-hydrogen) atoms. The van der Waals surface area contributed by atoms with Gasteiger partial charge < -0.3 is 15.0 Å². The van der Waals surface area contributed by atoms with E-state index in [1.807, 2.05) is 29.2 Å². The van der Waals surface area contributed by atoms with E-state index in [0.717, 1.165) is 44.6 Å². The number of benzene rings is 2. The number of likely N-dealkylation sites (tertiary alicyclic amines) is 1. The first-order valence-electron chi connectivity index (χ1n) is 9.63. The Bertz CT molecular complexity index is 746. The fraction of sp³-hybridized carbons (Fsp3) is 0.409. The molecule has 2 aromatic carbocycles. The summed E-state index contributed by atoms with van der Waals surface area (Å²) in [5, 5.41) is 3.39.